The Labute approximate surface area is 117 Å². The van der Waals surface area contributed by atoms with Gasteiger partial charge >= 0.3 is 0 Å². The van der Waals surface area contributed by atoms with Crippen LogP contribution in [0.5, 0.6) is 11.5 Å². The number of carbonyl (C=O) groups is 2. The van der Waals surface area contributed by atoms with E-state index >= 15 is 0 Å². The Bertz CT molecular complexity index is 526. The second-order valence-corrected chi connectivity index (χ2v) is 4.77. The average molecular weight is 278 g/mol. The zero-order chi connectivity index (χ0) is 14.7. The number of amides is 2. The van der Waals surface area contributed by atoms with Gasteiger partial charge in [-0.1, -0.05) is 0 Å². The van der Waals surface area contributed by atoms with Gasteiger partial charge in [-0.05, 0) is 31.0 Å². The number of benzene rings is 1. The molecule has 0 bridgehead atoms. The van der Waals surface area contributed by atoms with E-state index in [0.29, 0.717) is 23.1 Å². The summed E-state index contributed by atoms with van der Waals surface area (Å²) in [6, 6.07) is 5.21. The van der Waals surface area contributed by atoms with E-state index in [0.717, 1.165) is 12.8 Å². The van der Waals surface area contributed by atoms with E-state index in [1.54, 1.807) is 30.1 Å². The number of nitrogens with two attached hydrogens (primary N) is 1. The van der Waals surface area contributed by atoms with Crippen molar-refractivity contribution in [2.75, 3.05) is 20.8 Å². The maximum absolute atomic E-state index is 12.2. The summed E-state index contributed by atoms with van der Waals surface area (Å²) in [5, 5.41) is 0. The summed E-state index contributed by atoms with van der Waals surface area (Å²) < 4.78 is 10.4. The summed E-state index contributed by atoms with van der Waals surface area (Å²) >= 11 is 0. The van der Waals surface area contributed by atoms with Crippen molar-refractivity contribution >= 4 is 11.8 Å². The van der Waals surface area contributed by atoms with E-state index in [4.69, 9.17) is 15.2 Å². The summed E-state index contributed by atoms with van der Waals surface area (Å²) in [4.78, 5) is 24.7. The summed E-state index contributed by atoms with van der Waals surface area (Å²) in [5.41, 5.74) is 5.55. The van der Waals surface area contributed by atoms with Gasteiger partial charge < -0.3 is 20.1 Å². The van der Waals surface area contributed by atoms with Gasteiger partial charge in [0, 0.05) is 18.7 Å². The Kier molecular flexibility index (Phi) is 4.12. The fourth-order valence-electron chi connectivity index (χ4n) is 1.90. The van der Waals surface area contributed by atoms with Crippen LogP contribution in [-0.2, 0) is 4.79 Å². The maximum Gasteiger partial charge on any atom is 0.255 e. The highest BCUT2D eigenvalue weighted by Crippen LogP contribution is 2.31. The van der Waals surface area contributed by atoms with Crippen molar-refractivity contribution in [2.24, 2.45) is 5.73 Å². The first kappa shape index (κ1) is 14.2. The maximum atomic E-state index is 12.2. The molecule has 2 amide bonds. The Hall–Kier alpha value is -2.24. The second-order valence-electron chi connectivity index (χ2n) is 4.77. The highest BCUT2D eigenvalue weighted by molar-refractivity contribution is 5.95. The lowest BCUT2D eigenvalue weighted by molar-refractivity contribution is -0.119. The average Bonchev–Trinajstić information content (AvgIpc) is 3.27. The van der Waals surface area contributed by atoms with Gasteiger partial charge in [-0.15, -0.1) is 0 Å². The van der Waals surface area contributed by atoms with E-state index in [-0.39, 0.29) is 12.5 Å². The zero-order valence-electron chi connectivity index (χ0n) is 11.6. The number of hydrogen-bond donors (Lipinski definition) is 1. The Balaban J connectivity index is 2.15. The number of ether oxygens (including phenoxy) is 2. The number of carbonyl (C=O) groups excluding carboxylic acids is 2. The van der Waals surface area contributed by atoms with Gasteiger partial charge in [-0.25, -0.2) is 0 Å². The standard InChI is InChI=1S/C14H18N2O4/c1-16(10-4-5-10)14(18)9-3-6-11(12(7-9)19-2)20-8-13(15)17/h3,6-7,10H,4-5,8H2,1-2H3,(H2,15,17). The van der Waals surface area contributed by atoms with Crippen molar-refractivity contribution in [3.8, 4) is 11.5 Å². The molecule has 2 rings (SSSR count). The molecule has 1 fully saturated rings. The highest BCUT2D eigenvalue weighted by Gasteiger charge is 2.30. The number of nitrogens with zero attached hydrogens (tertiary/aromatic N) is 1. The van der Waals surface area contributed by atoms with Gasteiger partial charge in [-0.3, -0.25) is 9.59 Å². The first-order chi connectivity index (χ1) is 9.52. The van der Waals surface area contributed by atoms with E-state index in [9.17, 15) is 9.59 Å². The van der Waals surface area contributed by atoms with Crippen molar-refractivity contribution in [1.29, 1.82) is 0 Å². The zero-order valence-corrected chi connectivity index (χ0v) is 11.6. The molecule has 0 aliphatic heterocycles. The molecule has 1 aromatic carbocycles. The fraction of sp³-hybridized carbons (Fsp3) is 0.429. The van der Waals surface area contributed by atoms with Crippen LogP contribution in [-0.4, -0.2) is 43.5 Å². The van der Waals surface area contributed by atoms with Gasteiger partial charge in [0.05, 0.1) is 7.11 Å². The molecule has 108 valence electrons. The molecule has 2 N–H and O–H groups in total. The smallest absolute Gasteiger partial charge is 0.255 e. The third-order valence-corrected chi connectivity index (χ3v) is 3.20. The van der Waals surface area contributed by atoms with Gasteiger partial charge in [-0.2, -0.15) is 0 Å². The predicted octanol–water partition coefficient (Wildman–Crippen LogP) is 0.794. The fourth-order valence-corrected chi connectivity index (χ4v) is 1.90. The van der Waals surface area contributed by atoms with Crippen molar-refractivity contribution in [1.82, 2.24) is 4.90 Å². The first-order valence-electron chi connectivity index (χ1n) is 6.39. The predicted molar refractivity (Wildman–Crippen MR) is 72.8 cm³/mol. The second kappa shape index (κ2) is 5.81. The molecule has 0 heterocycles. The van der Waals surface area contributed by atoms with E-state index in [1.807, 2.05) is 0 Å². The van der Waals surface area contributed by atoms with Crippen molar-refractivity contribution in [3.05, 3.63) is 23.8 Å². The van der Waals surface area contributed by atoms with Crippen LogP contribution in [0.4, 0.5) is 0 Å². The van der Waals surface area contributed by atoms with Crippen LogP contribution in [0.1, 0.15) is 23.2 Å². The van der Waals surface area contributed by atoms with E-state index in [2.05, 4.69) is 0 Å². The van der Waals surface area contributed by atoms with Crippen molar-refractivity contribution in [3.63, 3.8) is 0 Å². The number of rotatable bonds is 6. The minimum Gasteiger partial charge on any atom is -0.493 e. The summed E-state index contributed by atoms with van der Waals surface area (Å²) in [6.07, 6.45) is 2.11. The van der Waals surface area contributed by atoms with Crippen LogP contribution in [0.3, 0.4) is 0 Å². The van der Waals surface area contributed by atoms with Gasteiger partial charge in [0.2, 0.25) is 0 Å². The number of hydrogen-bond acceptors (Lipinski definition) is 4. The lowest BCUT2D eigenvalue weighted by atomic mass is 10.1. The topological polar surface area (TPSA) is 81.9 Å². The monoisotopic (exact) mass is 278 g/mol. The molecule has 0 saturated heterocycles. The molecule has 0 unspecified atom stereocenters. The molecule has 1 saturated carbocycles. The highest BCUT2D eigenvalue weighted by atomic mass is 16.5. The quantitative estimate of drug-likeness (QED) is 0.834. The Morgan fingerprint density at radius 3 is 2.60 bits per heavy atom. The van der Waals surface area contributed by atoms with Crippen LogP contribution in [0.2, 0.25) is 0 Å². The number of primary amides is 1. The van der Waals surface area contributed by atoms with Crippen LogP contribution >= 0.6 is 0 Å². The third kappa shape index (κ3) is 3.20. The third-order valence-electron chi connectivity index (χ3n) is 3.20. The lowest BCUT2D eigenvalue weighted by Crippen LogP contribution is -2.28. The Morgan fingerprint density at radius 1 is 1.35 bits per heavy atom. The molecular formula is C14H18N2O4. The Morgan fingerprint density at radius 2 is 2.05 bits per heavy atom. The molecule has 20 heavy (non-hydrogen) atoms. The molecule has 6 nitrogen and oxygen atoms in total. The van der Waals surface area contributed by atoms with Crippen LogP contribution in [0.25, 0.3) is 0 Å². The van der Waals surface area contributed by atoms with Crippen molar-refractivity contribution < 1.29 is 19.1 Å². The molecule has 0 atom stereocenters. The van der Waals surface area contributed by atoms with Crippen LogP contribution in [0.15, 0.2) is 18.2 Å². The molecule has 0 aromatic heterocycles. The normalized spacial score (nSPS) is 13.7. The summed E-state index contributed by atoms with van der Waals surface area (Å²) in [6.45, 7) is -0.231. The minimum absolute atomic E-state index is 0.0488. The summed E-state index contributed by atoms with van der Waals surface area (Å²) in [7, 11) is 3.27. The first-order valence-corrected chi connectivity index (χ1v) is 6.39. The van der Waals surface area contributed by atoms with Crippen LogP contribution < -0.4 is 15.2 Å². The van der Waals surface area contributed by atoms with Crippen molar-refractivity contribution in [2.45, 2.75) is 18.9 Å². The van der Waals surface area contributed by atoms with Gasteiger partial charge in [0.15, 0.2) is 18.1 Å². The molecule has 6 heteroatoms. The lowest BCUT2D eigenvalue weighted by Gasteiger charge is -2.17. The molecule has 1 aliphatic carbocycles. The molecular weight excluding hydrogens is 260 g/mol. The van der Waals surface area contributed by atoms with Gasteiger partial charge in [0.25, 0.3) is 11.8 Å². The SMILES string of the molecule is COc1cc(C(=O)N(C)C2CC2)ccc1OCC(N)=O. The van der Waals surface area contributed by atoms with E-state index in [1.165, 1.54) is 7.11 Å². The van der Waals surface area contributed by atoms with Gasteiger partial charge in [0.1, 0.15) is 0 Å². The molecule has 1 aromatic rings. The molecule has 0 spiro atoms. The molecule has 1 aliphatic rings. The summed E-state index contributed by atoms with van der Waals surface area (Å²) in [5.74, 6) is 0.172. The minimum atomic E-state index is -0.569. The van der Waals surface area contributed by atoms with E-state index < -0.39 is 5.91 Å². The van der Waals surface area contributed by atoms with Crippen LogP contribution in [0, 0.1) is 0 Å². The number of methoxy groups -OCH3 is 1. The molecule has 0 radical (unpaired) electrons. The largest absolute Gasteiger partial charge is 0.493 e.